The van der Waals surface area contributed by atoms with E-state index in [0.717, 1.165) is 11.8 Å². The van der Waals surface area contributed by atoms with Gasteiger partial charge in [-0.3, -0.25) is 9.59 Å². The third-order valence-corrected chi connectivity index (χ3v) is 6.77. The minimum absolute atomic E-state index is 0.0448. The van der Waals surface area contributed by atoms with E-state index in [0.29, 0.717) is 37.7 Å². The van der Waals surface area contributed by atoms with Crippen LogP contribution in [0.25, 0.3) is 11.0 Å². The number of para-hydroxylation sites is 1. The zero-order valence-electron chi connectivity index (χ0n) is 15.7. The summed E-state index contributed by atoms with van der Waals surface area (Å²) in [7, 11) is 0. The van der Waals surface area contributed by atoms with Gasteiger partial charge in [0, 0.05) is 48.3 Å². The molecule has 2 atom stereocenters. The monoisotopic (exact) mass is 408 g/mol. The largest absolute Gasteiger partial charge is 0.422 e. The third-order valence-electron chi connectivity index (χ3n) is 5.77. The van der Waals surface area contributed by atoms with Crippen molar-refractivity contribution in [2.24, 2.45) is 5.92 Å². The van der Waals surface area contributed by atoms with Crippen molar-refractivity contribution in [2.45, 2.75) is 12.3 Å². The Labute approximate surface area is 171 Å². The molecule has 1 saturated carbocycles. The van der Waals surface area contributed by atoms with Crippen molar-refractivity contribution in [1.82, 2.24) is 9.80 Å². The second-order valence-electron chi connectivity index (χ2n) is 7.57. The van der Waals surface area contributed by atoms with Gasteiger partial charge in [-0.05, 0) is 30.0 Å². The van der Waals surface area contributed by atoms with Crippen LogP contribution in [0.3, 0.4) is 0 Å². The molecule has 2 aliphatic rings. The fourth-order valence-corrected chi connectivity index (χ4v) is 4.94. The maximum atomic E-state index is 12.9. The van der Waals surface area contributed by atoms with Gasteiger partial charge in [-0.25, -0.2) is 4.79 Å². The Hall–Kier alpha value is -2.93. The molecule has 7 heteroatoms. The van der Waals surface area contributed by atoms with Crippen LogP contribution in [-0.2, 0) is 4.79 Å². The molecule has 1 aromatic carbocycles. The lowest BCUT2D eigenvalue weighted by Gasteiger charge is -2.34. The summed E-state index contributed by atoms with van der Waals surface area (Å²) in [6, 6.07) is 12.8. The number of hydrogen-bond donors (Lipinski definition) is 0. The lowest BCUT2D eigenvalue weighted by Crippen LogP contribution is -2.51. The highest BCUT2D eigenvalue weighted by atomic mass is 32.1. The smallest absolute Gasteiger partial charge is 0.349 e. The minimum atomic E-state index is -0.621. The molecule has 2 fully saturated rings. The van der Waals surface area contributed by atoms with Crippen molar-refractivity contribution in [1.29, 1.82) is 0 Å². The van der Waals surface area contributed by atoms with E-state index in [1.807, 2.05) is 28.5 Å². The molecule has 148 valence electrons. The van der Waals surface area contributed by atoms with Gasteiger partial charge in [-0.1, -0.05) is 24.3 Å². The summed E-state index contributed by atoms with van der Waals surface area (Å²) in [6.07, 6.45) is 0.913. The van der Waals surface area contributed by atoms with Crippen LogP contribution in [-0.4, -0.2) is 47.8 Å². The number of carbonyl (C=O) groups excluding carboxylic acids is 2. The van der Waals surface area contributed by atoms with E-state index >= 15 is 0 Å². The second kappa shape index (κ2) is 7.15. The van der Waals surface area contributed by atoms with E-state index in [-0.39, 0.29) is 23.3 Å². The molecule has 1 aliphatic carbocycles. The van der Waals surface area contributed by atoms with Crippen LogP contribution in [0.2, 0.25) is 0 Å². The Morgan fingerprint density at radius 2 is 1.76 bits per heavy atom. The van der Waals surface area contributed by atoms with Gasteiger partial charge in [0.05, 0.1) is 0 Å². The number of nitrogens with zero attached hydrogens (tertiary/aromatic N) is 2. The highest BCUT2D eigenvalue weighted by Crippen LogP contribution is 2.50. The first-order valence-corrected chi connectivity index (χ1v) is 10.6. The van der Waals surface area contributed by atoms with E-state index in [2.05, 4.69) is 6.07 Å². The molecular weight excluding hydrogens is 388 g/mol. The molecule has 1 aliphatic heterocycles. The SMILES string of the molecule is O=C(c1cc2ccccc2oc1=O)N1CCN(C(=O)C2CC2c2cccs2)CC1. The molecular formula is C22H20N2O4S. The van der Waals surface area contributed by atoms with Crippen LogP contribution in [0.4, 0.5) is 0 Å². The quantitative estimate of drug-likeness (QED) is 0.625. The topological polar surface area (TPSA) is 70.8 Å². The number of carbonyl (C=O) groups is 2. The van der Waals surface area contributed by atoms with Crippen molar-refractivity contribution in [3.05, 3.63) is 68.7 Å². The molecule has 2 unspecified atom stereocenters. The number of piperazine rings is 1. The first kappa shape index (κ1) is 18.1. The van der Waals surface area contributed by atoms with Crippen LogP contribution in [0.15, 0.2) is 57.1 Å². The summed E-state index contributed by atoms with van der Waals surface area (Å²) in [5.74, 6) is 0.271. The van der Waals surface area contributed by atoms with Gasteiger partial charge in [-0.15, -0.1) is 11.3 Å². The van der Waals surface area contributed by atoms with E-state index < -0.39 is 5.63 Å². The summed E-state index contributed by atoms with van der Waals surface area (Å²) in [5, 5.41) is 2.76. The average Bonchev–Trinajstić information content (AvgIpc) is 3.36. The molecule has 2 aromatic heterocycles. The molecule has 1 saturated heterocycles. The van der Waals surface area contributed by atoms with E-state index in [4.69, 9.17) is 4.42 Å². The zero-order valence-corrected chi connectivity index (χ0v) is 16.6. The maximum absolute atomic E-state index is 12.9. The summed E-state index contributed by atoms with van der Waals surface area (Å²) >= 11 is 1.70. The Kier molecular flexibility index (Phi) is 4.47. The Balaban J connectivity index is 1.24. The first-order chi connectivity index (χ1) is 14.1. The van der Waals surface area contributed by atoms with Gasteiger partial charge in [0.25, 0.3) is 5.91 Å². The summed E-state index contributed by atoms with van der Waals surface area (Å²) in [4.78, 5) is 42.7. The maximum Gasteiger partial charge on any atom is 0.349 e. The Morgan fingerprint density at radius 1 is 1.00 bits per heavy atom. The van der Waals surface area contributed by atoms with Crippen LogP contribution < -0.4 is 5.63 Å². The molecule has 5 rings (SSSR count). The molecule has 3 heterocycles. The van der Waals surface area contributed by atoms with Gasteiger partial charge in [0.15, 0.2) is 0 Å². The number of thiophene rings is 1. The predicted octanol–water partition coefficient (Wildman–Crippen LogP) is 2.94. The van der Waals surface area contributed by atoms with Gasteiger partial charge < -0.3 is 14.2 Å². The van der Waals surface area contributed by atoms with Crippen molar-refractivity contribution in [3.63, 3.8) is 0 Å². The zero-order chi connectivity index (χ0) is 20.0. The van der Waals surface area contributed by atoms with Gasteiger partial charge >= 0.3 is 5.63 Å². The molecule has 2 amide bonds. The number of rotatable bonds is 3. The van der Waals surface area contributed by atoms with Gasteiger partial charge in [-0.2, -0.15) is 0 Å². The van der Waals surface area contributed by atoms with Crippen LogP contribution in [0.5, 0.6) is 0 Å². The highest BCUT2D eigenvalue weighted by Gasteiger charge is 2.46. The third kappa shape index (κ3) is 3.35. The summed E-state index contributed by atoms with van der Waals surface area (Å²) in [6.45, 7) is 1.84. The van der Waals surface area contributed by atoms with Crippen molar-refractivity contribution >= 4 is 34.1 Å². The van der Waals surface area contributed by atoms with E-state index in [1.54, 1.807) is 34.4 Å². The second-order valence-corrected chi connectivity index (χ2v) is 8.55. The number of hydrogen-bond acceptors (Lipinski definition) is 5. The number of amides is 2. The molecule has 6 nitrogen and oxygen atoms in total. The summed E-state index contributed by atoms with van der Waals surface area (Å²) in [5.41, 5.74) is -0.110. The lowest BCUT2D eigenvalue weighted by atomic mass is 10.1. The van der Waals surface area contributed by atoms with Crippen LogP contribution in [0, 0.1) is 5.92 Å². The molecule has 0 spiro atoms. The fraction of sp³-hybridized carbons (Fsp3) is 0.318. The number of benzene rings is 1. The van der Waals surface area contributed by atoms with Gasteiger partial charge in [0.1, 0.15) is 11.1 Å². The Morgan fingerprint density at radius 3 is 2.52 bits per heavy atom. The van der Waals surface area contributed by atoms with Crippen molar-refractivity contribution in [3.8, 4) is 0 Å². The van der Waals surface area contributed by atoms with Crippen LogP contribution >= 0.6 is 11.3 Å². The molecule has 3 aromatic rings. The minimum Gasteiger partial charge on any atom is -0.422 e. The highest BCUT2D eigenvalue weighted by molar-refractivity contribution is 7.10. The average molecular weight is 408 g/mol. The summed E-state index contributed by atoms with van der Waals surface area (Å²) < 4.78 is 5.28. The van der Waals surface area contributed by atoms with Crippen LogP contribution in [0.1, 0.15) is 27.6 Å². The molecule has 0 bridgehead atoms. The molecule has 0 radical (unpaired) electrons. The fourth-order valence-electron chi connectivity index (χ4n) is 4.03. The standard InChI is InChI=1S/C22H20N2O4S/c25-20(16-13-15(16)19-6-3-11-29-19)23-7-9-24(10-8-23)21(26)17-12-14-4-1-2-5-18(14)28-22(17)27/h1-6,11-12,15-16H,7-10,13H2. The van der Waals surface area contributed by atoms with E-state index in [1.165, 1.54) is 4.88 Å². The predicted molar refractivity (Wildman–Crippen MR) is 110 cm³/mol. The van der Waals surface area contributed by atoms with Crippen molar-refractivity contribution in [2.75, 3.05) is 26.2 Å². The number of fused-ring (bicyclic) bond motifs is 1. The van der Waals surface area contributed by atoms with Crippen molar-refractivity contribution < 1.29 is 14.0 Å². The lowest BCUT2D eigenvalue weighted by molar-refractivity contribution is -0.134. The van der Waals surface area contributed by atoms with E-state index in [9.17, 15) is 14.4 Å². The van der Waals surface area contributed by atoms with Gasteiger partial charge in [0.2, 0.25) is 5.91 Å². The molecule has 0 N–H and O–H groups in total. The Bertz CT molecular complexity index is 1130. The normalized spacial score (nSPS) is 21.4. The first-order valence-electron chi connectivity index (χ1n) is 9.76. The molecule has 29 heavy (non-hydrogen) atoms.